The van der Waals surface area contributed by atoms with Crippen molar-refractivity contribution < 1.29 is 19.4 Å². The van der Waals surface area contributed by atoms with Crippen LogP contribution in [-0.2, 0) is 9.53 Å². The van der Waals surface area contributed by atoms with E-state index in [2.05, 4.69) is 6.07 Å². The molecule has 2 aliphatic rings. The van der Waals surface area contributed by atoms with Crippen LogP contribution in [0, 0.1) is 16.7 Å². The standard InChI is InChI=1S/C19H20N2O4/c1-19(2)7-13(23)17-15(8-19)25-18(21)11(9-20)16(17)10-4-5-14(24-3)12(22)6-10/h4-6,16,22H,7-8,21H2,1-3H3. The molecule has 1 aliphatic carbocycles. The highest BCUT2D eigenvalue weighted by atomic mass is 16.5. The molecule has 0 saturated heterocycles. The minimum Gasteiger partial charge on any atom is -0.504 e. The summed E-state index contributed by atoms with van der Waals surface area (Å²) in [6.45, 7) is 3.98. The van der Waals surface area contributed by atoms with Crippen molar-refractivity contribution in [3.8, 4) is 17.6 Å². The molecule has 3 N–H and O–H groups in total. The second-order valence-electron chi connectivity index (χ2n) is 7.13. The molecule has 0 amide bonds. The lowest BCUT2D eigenvalue weighted by molar-refractivity contribution is -0.119. The summed E-state index contributed by atoms with van der Waals surface area (Å²) in [5.41, 5.74) is 6.95. The van der Waals surface area contributed by atoms with E-state index in [0.29, 0.717) is 35.5 Å². The fourth-order valence-electron chi connectivity index (χ4n) is 3.50. The van der Waals surface area contributed by atoms with E-state index in [1.165, 1.54) is 13.2 Å². The molecule has 0 aromatic heterocycles. The highest BCUT2D eigenvalue weighted by molar-refractivity contribution is 6.00. The van der Waals surface area contributed by atoms with Gasteiger partial charge in [0.1, 0.15) is 17.4 Å². The number of aromatic hydroxyl groups is 1. The minimum atomic E-state index is -0.644. The predicted molar refractivity (Wildman–Crippen MR) is 90.4 cm³/mol. The van der Waals surface area contributed by atoms with Crippen LogP contribution < -0.4 is 10.5 Å². The highest BCUT2D eigenvalue weighted by Gasteiger charge is 2.43. The number of hydrogen-bond donors (Lipinski definition) is 2. The van der Waals surface area contributed by atoms with Crippen LogP contribution in [0.3, 0.4) is 0 Å². The van der Waals surface area contributed by atoms with Gasteiger partial charge in [0.2, 0.25) is 5.88 Å². The Balaban J connectivity index is 2.18. The second-order valence-corrected chi connectivity index (χ2v) is 7.13. The molecule has 1 heterocycles. The summed E-state index contributed by atoms with van der Waals surface area (Å²) >= 11 is 0. The van der Waals surface area contributed by atoms with E-state index in [-0.39, 0.29) is 28.4 Å². The van der Waals surface area contributed by atoms with Gasteiger partial charge < -0.3 is 20.3 Å². The van der Waals surface area contributed by atoms with E-state index in [1.54, 1.807) is 12.1 Å². The maximum atomic E-state index is 12.8. The number of allylic oxidation sites excluding steroid dienone is 3. The molecule has 0 bridgehead atoms. The summed E-state index contributed by atoms with van der Waals surface area (Å²) < 4.78 is 10.7. The Kier molecular flexibility index (Phi) is 3.96. The molecular weight excluding hydrogens is 320 g/mol. The van der Waals surface area contributed by atoms with Gasteiger partial charge >= 0.3 is 0 Å². The Labute approximate surface area is 146 Å². The number of carbonyl (C=O) groups excluding carboxylic acids is 1. The van der Waals surface area contributed by atoms with Gasteiger partial charge in [0.15, 0.2) is 17.3 Å². The molecule has 130 valence electrons. The van der Waals surface area contributed by atoms with Crippen LogP contribution in [0.25, 0.3) is 0 Å². The van der Waals surface area contributed by atoms with Gasteiger partial charge in [0.05, 0.1) is 13.0 Å². The zero-order valence-corrected chi connectivity index (χ0v) is 14.4. The molecule has 6 heteroatoms. The molecular formula is C19H20N2O4. The summed E-state index contributed by atoms with van der Waals surface area (Å²) in [5.74, 6) is 0.0655. The van der Waals surface area contributed by atoms with E-state index in [0.717, 1.165) is 0 Å². The lowest BCUT2D eigenvalue weighted by Crippen LogP contribution is -2.33. The van der Waals surface area contributed by atoms with Crippen molar-refractivity contribution in [3.63, 3.8) is 0 Å². The third kappa shape index (κ3) is 2.82. The first-order valence-electron chi connectivity index (χ1n) is 7.98. The fourth-order valence-corrected chi connectivity index (χ4v) is 3.50. The number of phenols is 1. The number of nitrogens with two attached hydrogens (primary N) is 1. The van der Waals surface area contributed by atoms with Crippen LogP contribution in [0.2, 0.25) is 0 Å². The normalized spacial score (nSPS) is 22.2. The van der Waals surface area contributed by atoms with Crippen LogP contribution >= 0.6 is 0 Å². The van der Waals surface area contributed by atoms with E-state index in [1.807, 2.05) is 13.8 Å². The highest BCUT2D eigenvalue weighted by Crippen LogP contribution is 2.48. The molecule has 1 aromatic carbocycles. The van der Waals surface area contributed by atoms with Gasteiger partial charge in [-0.3, -0.25) is 4.79 Å². The Morgan fingerprint density at radius 1 is 1.40 bits per heavy atom. The fraction of sp³-hybridized carbons (Fsp3) is 0.368. The maximum Gasteiger partial charge on any atom is 0.205 e. The molecule has 6 nitrogen and oxygen atoms in total. The van der Waals surface area contributed by atoms with Gasteiger partial charge in [0, 0.05) is 18.4 Å². The zero-order valence-electron chi connectivity index (χ0n) is 14.4. The molecule has 1 atom stereocenters. The third-order valence-corrected chi connectivity index (χ3v) is 4.61. The van der Waals surface area contributed by atoms with Crippen molar-refractivity contribution in [2.24, 2.45) is 11.1 Å². The molecule has 0 spiro atoms. The Morgan fingerprint density at radius 3 is 2.72 bits per heavy atom. The summed E-state index contributed by atoms with van der Waals surface area (Å²) in [4.78, 5) is 12.8. The molecule has 3 rings (SSSR count). The number of phenolic OH excluding ortho intramolecular Hbond substituents is 1. The first-order chi connectivity index (χ1) is 11.8. The topological polar surface area (TPSA) is 106 Å². The summed E-state index contributed by atoms with van der Waals surface area (Å²) in [6, 6.07) is 6.87. The molecule has 0 saturated carbocycles. The predicted octanol–water partition coefficient (Wildman–Crippen LogP) is 2.85. The molecule has 0 radical (unpaired) electrons. The number of benzene rings is 1. The smallest absolute Gasteiger partial charge is 0.205 e. The Morgan fingerprint density at radius 2 is 2.12 bits per heavy atom. The SMILES string of the molecule is COc1ccc(C2C(C#N)=C(N)OC3=C2C(=O)CC(C)(C)C3)cc1O. The van der Waals surface area contributed by atoms with Crippen molar-refractivity contribution in [1.29, 1.82) is 5.26 Å². The first-order valence-corrected chi connectivity index (χ1v) is 7.98. The number of nitriles is 1. The van der Waals surface area contributed by atoms with Crippen molar-refractivity contribution in [2.45, 2.75) is 32.6 Å². The largest absolute Gasteiger partial charge is 0.504 e. The van der Waals surface area contributed by atoms with Crippen molar-refractivity contribution >= 4 is 5.78 Å². The zero-order chi connectivity index (χ0) is 18.4. The van der Waals surface area contributed by atoms with Gasteiger partial charge in [0.25, 0.3) is 0 Å². The van der Waals surface area contributed by atoms with Crippen LogP contribution in [0.1, 0.15) is 38.2 Å². The van der Waals surface area contributed by atoms with E-state index in [4.69, 9.17) is 15.2 Å². The number of ketones is 1. The third-order valence-electron chi connectivity index (χ3n) is 4.61. The first kappa shape index (κ1) is 16.9. The quantitative estimate of drug-likeness (QED) is 0.857. The average Bonchev–Trinajstić information content (AvgIpc) is 2.52. The van der Waals surface area contributed by atoms with Gasteiger partial charge in [-0.2, -0.15) is 5.26 Å². The van der Waals surface area contributed by atoms with Crippen LogP contribution in [-0.4, -0.2) is 18.0 Å². The number of ether oxygens (including phenoxy) is 2. The van der Waals surface area contributed by atoms with Crippen LogP contribution in [0.5, 0.6) is 11.5 Å². The van der Waals surface area contributed by atoms with Gasteiger partial charge in [-0.05, 0) is 23.1 Å². The molecule has 1 unspecified atom stereocenters. The van der Waals surface area contributed by atoms with Gasteiger partial charge in [-0.1, -0.05) is 19.9 Å². The van der Waals surface area contributed by atoms with E-state index >= 15 is 0 Å². The number of Topliss-reactive ketones (excluding diaryl/α,β-unsaturated/α-hetero) is 1. The van der Waals surface area contributed by atoms with Crippen molar-refractivity contribution in [1.82, 2.24) is 0 Å². The van der Waals surface area contributed by atoms with E-state index in [9.17, 15) is 15.2 Å². The molecule has 1 aliphatic heterocycles. The number of hydrogen-bond acceptors (Lipinski definition) is 6. The minimum absolute atomic E-state index is 0.00654. The van der Waals surface area contributed by atoms with Gasteiger partial charge in [-0.15, -0.1) is 0 Å². The number of carbonyl (C=O) groups is 1. The average molecular weight is 340 g/mol. The Bertz CT molecular complexity index is 859. The second kappa shape index (κ2) is 5.85. The monoisotopic (exact) mass is 340 g/mol. The number of nitrogens with zero attached hydrogens (tertiary/aromatic N) is 1. The Hall–Kier alpha value is -2.94. The lowest BCUT2D eigenvalue weighted by atomic mass is 9.70. The number of methoxy groups -OCH3 is 1. The summed E-state index contributed by atoms with van der Waals surface area (Å²) in [5, 5.41) is 19.7. The number of rotatable bonds is 2. The summed E-state index contributed by atoms with van der Waals surface area (Å²) in [6.07, 6.45) is 0.929. The van der Waals surface area contributed by atoms with E-state index < -0.39 is 5.92 Å². The molecule has 1 aromatic rings. The van der Waals surface area contributed by atoms with Crippen molar-refractivity contribution in [3.05, 3.63) is 46.6 Å². The maximum absolute atomic E-state index is 12.8. The molecule has 0 fully saturated rings. The summed E-state index contributed by atoms with van der Waals surface area (Å²) in [7, 11) is 1.45. The lowest BCUT2D eigenvalue weighted by Gasteiger charge is -2.37. The van der Waals surface area contributed by atoms with Gasteiger partial charge in [-0.25, -0.2) is 0 Å². The van der Waals surface area contributed by atoms with Crippen LogP contribution in [0.4, 0.5) is 0 Å². The van der Waals surface area contributed by atoms with Crippen LogP contribution in [0.15, 0.2) is 41.0 Å². The molecule has 25 heavy (non-hydrogen) atoms. The van der Waals surface area contributed by atoms with Crippen molar-refractivity contribution in [2.75, 3.05) is 7.11 Å².